The zero-order chi connectivity index (χ0) is 11.7. The maximum absolute atomic E-state index is 11.3. The molecule has 0 radical (unpaired) electrons. The van der Waals surface area contributed by atoms with Gasteiger partial charge in [0.2, 0.25) is 5.91 Å². The highest BCUT2D eigenvalue weighted by atomic mass is 16.3. The van der Waals surface area contributed by atoms with Crippen molar-refractivity contribution in [1.29, 1.82) is 0 Å². The first-order chi connectivity index (χ1) is 7.10. The lowest BCUT2D eigenvalue weighted by atomic mass is 10.1. The smallest absolute Gasteiger partial charge is 0.233 e. The number of rotatable bonds is 8. The van der Waals surface area contributed by atoms with Gasteiger partial charge in [-0.2, -0.15) is 0 Å². The van der Waals surface area contributed by atoms with E-state index in [1.165, 1.54) is 0 Å². The third-order valence-electron chi connectivity index (χ3n) is 2.49. The van der Waals surface area contributed by atoms with Gasteiger partial charge in [-0.05, 0) is 25.7 Å². The van der Waals surface area contributed by atoms with Crippen molar-refractivity contribution in [2.75, 3.05) is 19.7 Å². The van der Waals surface area contributed by atoms with Crippen molar-refractivity contribution in [3.8, 4) is 0 Å². The van der Waals surface area contributed by atoms with E-state index in [9.17, 15) is 4.79 Å². The third kappa shape index (κ3) is 8.39. The molecule has 0 aliphatic heterocycles. The van der Waals surface area contributed by atoms with Crippen LogP contribution in [0.1, 0.15) is 33.6 Å². The second-order valence-corrected chi connectivity index (χ2v) is 4.11. The van der Waals surface area contributed by atoms with Crippen molar-refractivity contribution >= 4 is 5.91 Å². The van der Waals surface area contributed by atoms with Crippen LogP contribution < -0.4 is 10.6 Å². The lowest BCUT2D eigenvalue weighted by Gasteiger charge is -2.13. The van der Waals surface area contributed by atoms with Gasteiger partial charge in [0.05, 0.1) is 6.54 Å². The highest BCUT2D eigenvalue weighted by Crippen LogP contribution is 1.97. The summed E-state index contributed by atoms with van der Waals surface area (Å²) in [6.45, 7) is 7.35. The molecule has 0 fully saturated rings. The molecule has 0 bridgehead atoms. The van der Waals surface area contributed by atoms with Gasteiger partial charge in [-0.1, -0.05) is 13.8 Å². The monoisotopic (exact) mass is 216 g/mol. The second kappa shape index (κ2) is 8.68. The Labute approximate surface area is 92.4 Å². The maximum Gasteiger partial charge on any atom is 0.233 e. The molecular weight excluding hydrogens is 192 g/mol. The van der Waals surface area contributed by atoms with E-state index in [0.29, 0.717) is 25.0 Å². The van der Waals surface area contributed by atoms with Crippen LogP contribution in [0.4, 0.5) is 0 Å². The summed E-state index contributed by atoms with van der Waals surface area (Å²) in [6, 6.07) is 0.380. The molecule has 0 spiro atoms. The summed E-state index contributed by atoms with van der Waals surface area (Å²) in [6.07, 6.45) is 1.76. The summed E-state index contributed by atoms with van der Waals surface area (Å²) < 4.78 is 0. The first-order valence-electron chi connectivity index (χ1n) is 5.71. The molecule has 0 aliphatic carbocycles. The average molecular weight is 216 g/mol. The Morgan fingerprint density at radius 1 is 1.40 bits per heavy atom. The quantitative estimate of drug-likeness (QED) is 0.554. The molecule has 0 aromatic heterocycles. The molecule has 0 saturated heterocycles. The predicted octanol–water partition coefficient (Wildman–Crippen LogP) is 0.509. The summed E-state index contributed by atoms with van der Waals surface area (Å²) in [5.74, 6) is 0.364. The molecule has 4 heteroatoms. The van der Waals surface area contributed by atoms with Crippen molar-refractivity contribution in [1.82, 2.24) is 10.6 Å². The number of aliphatic hydroxyl groups excluding tert-OH is 1. The minimum absolute atomic E-state index is 0.0279. The molecule has 2 atom stereocenters. The zero-order valence-electron chi connectivity index (χ0n) is 10.0. The third-order valence-corrected chi connectivity index (χ3v) is 2.49. The van der Waals surface area contributed by atoms with E-state index >= 15 is 0 Å². The first kappa shape index (κ1) is 14.4. The molecule has 0 rings (SSSR count). The Morgan fingerprint density at radius 3 is 2.60 bits per heavy atom. The van der Waals surface area contributed by atoms with Gasteiger partial charge < -0.3 is 15.7 Å². The molecule has 0 aromatic carbocycles. The van der Waals surface area contributed by atoms with Crippen LogP contribution >= 0.6 is 0 Å². The SMILES string of the molecule is CCC(C)NCC(=O)NCC(C)CCO. The van der Waals surface area contributed by atoms with Crippen LogP contribution in [0.3, 0.4) is 0 Å². The van der Waals surface area contributed by atoms with E-state index in [2.05, 4.69) is 24.5 Å². The molecule has 3 N–H and O–H groups in total. The molecule has 15 heavy (non-hydrogen) atoms. The lowest BCUT2D eigenvalue weighted by molar-refractivity contribution is -0.120. The normalized spacial score (nSPS) is 14.7. The Balaban J connectivity index is 3.48. The highest BCUT2D eigenvalue weighted by molar-refractivity contribution is 5.77. The van der Waals surface area contributed by atoms with Crippen molar-refractivity contribution in [3.63, 3.8) is 0 Å². The van der Waals surface area contributed by atoms with E-state index in [0.717, 1.165) is 12.8 Å². The minimum Gasteiger partial charge on any atom is -0.396 e. The van der Waals surface area contributed by atoms with Gasteiger partial charge in [0.1, 0.15) is 0 Å². The Hall–Kier alpha value is -0.610. The predicted molar refractivity (Wildman–Crippen MR) is 61.6 cm³/mol. The van der Waals surface area contributed by atoms with Crippen LogP contribution in [0.25, 0.3) is 0 Å². The Morgan fingerprint density at radius 2 is 2.07 bits per heavy atom. The van der Waals surface area contributed by atoms with Crippen LogP contribution in [0.5, 0.6) is 0 Å². The van der Waals surface area contributed by atoms with Crippen LogP contribution in [0.15, 0.2) is 0 Å². The largest absolute Gasteiger partial charge is 0.396 e. The summed E-state index contributed by atoms with van der Waals surface area (Å²) in [5.41, 5.74) is 0. The van der Waals surface area contributed by atoms with E-state index in [4.69, 9.17) is 5.11 Å². The average Bonchev–Trinajstić information content (AvgIpc) is 2.23. The van der Waals surface area contributed by atoms with E-state index < -0.39 is 0 Å². The van der Waals surface area contributed by atoms with E-state index in [1.807, 2.05) is 6.92 Å². The fourth-order valence-electron chi connectivity index (χ4n) is 1.08. The van der Waals surface area contributed by atoms with Crippen molar-refractivity contribution in [2.24, 2.45) is 5.92 Å². The summed E-state index contributed by atoms with van der Waals surface area (Å²) >= 11 is 0. The molecule has 2 unspecified atom stereocenters. The molecule has 0 aromatic rings. The number of hydrogen-bond acceptors (Lipinski definition) is 3. The first-order valence-corrected chi connectivity index (χ1v) is 5.71. The Kier molecular flexibility index (Phi) is 8.33. The number of hydrogen-bond donors (Lipinski definition) is 3. The molecule has 4 nitrogen and oxygen atoms in total. The number of nitrogens with one attached hydrogen (secondary N) is 2. The molecule has 0 aliphatic rings. The second-order valence-electron chi connectivity index (χ2n) is 4.11. The number of aliphatic hydroxyl groups is 1. The van der Waals surface area contributed by atoms with Crippen LogP contribution in [0.2, 0.25) is 0 Å². The van der Waals surface area contributed by atoms with Gasteiger partial charge in [0, 0.05) is 19.2 Å². The highest BCUT2D eigenvalue weighted by Gasteiger charge is 2.06. The molecule has 1 amide bonds. The topological polar surface area (TPSA) is 61.4 Å². The van der Waals surface area contributed by atoms with Crippen molar-refractivity contribution < 1.29 is 9.90 Å². The van der Waals surface area contributed by atoms with Crippen molar-refractivity contribution in [2.45, 2.75) is 39.7 Å². The number of carbonyl (C=O) groups is 1. The van der Waals surface area contributed by atoms with E-state index in [-0.39, 0.29) is 12.5 Å². The molecule has 0 saturated carbocycles. The van der Waals surface area contributed by atoms with Gasteiger partial charge >= 0.3 is 0 Å². The van der Waals surface area contributed by atoms with Gasteiger partial charge in [-0.3, -0.25) is 4.79 Å². The lowest BCUT2D eigenvalue weighted by Crippen LogP contribution is -2.39. The van der Waals surface area contributed by atoms with Crippen molar-refractivity contribution in [3.05, 3.63) is 0 Å². The molecule has 90 valence electrons. The standard InChI is InChI=1S/C11H24N2O2/c1-4-10(3)12-8-11(15)13-7-9(2)5-6-14/h9-10,12,14H,4-8H2,1-3H3,(H,13,15). The Bertz CT molecular complexity index is 174. The summed E-state index contributed by atoms with van der Waals surface area (Å²) in [5, 5.41) is 14.6. The van der Waals surface area contributed by atoms with E-state index in [1.54, 1.807) is 0 Å². The fraction of sp³-hybridized carbons (Fsp3) is 0.909. The minimum atomic E-state index is 0.0279. The summed E-state index contributed by atoms with van der Waals surface area (Å²) in [4.78, 5) is 11.3. The summed E-state index contributed by atoms with van der Waals surface area (Å²) in [7, 11) is 0. The van der Waals surface area contributed by atoms with Crippen LogP contribution in [-0.4, -0.2) is 36.8 Å². The van der Waals surface area contributed by atoms with Gasteiger partial charge in [-0.15, -0.1) is 0 Å². The molecular formula is C11H24N2O2. The van der Waals surface area contributed by atoms with Gasteiger partial charge in [0.25, 0.3) is 0 Å². The van der Waals surface area contributed by atoms with Crippen LogP contribution in [-0.2, 0) is 4.79 Å². The fourth-order valence-corrected chi connectivity index (χ4v) is 1.08. The molecule has 0 heterocycles. The van der Waals surface area contributed by atoms with Crippen LogP contribution in [0, 0.1) is 5.92 Å². The van der Waals surface area contributed by atoms with Gasteiger partial charge in [0.15, 0.2) is 0 Å². The number of amides is 1. The number of carbonyl (C=O) groups excluding carboxylic acids is 1. The van der Waals surface area contributed by atoms with Gasteiger partial charge in [-0.25, -0.2) is 0 Å². The maximum atomic E-state index is 11.3. The zero-order valence-corrected chi connectivity index (χ0v) is 10.0.